The lowest BCUT2D eigenvalue weighted by Gasteiger charge is -2.09. The highest BCUT2D eigenvalue weighted by Crippen LogP contribution is 2.44. The molecule has 4 aliphatic heterocycles. The van der Waals surface area contributed by atoms with Crippen LogP contribution in [0, 0.1) is 6.92 Å². The molecule has 0 saturated carbocycles. The van der Waals surface area contributed by atoms with Gasteiger partial charge in [0.2, 0.25) is 5.91 Å². The molecular formula is C35H35N5O4. The number of carbonyl (C=O) groups excluding carboxylic acids is 1. The molecule has 0 fully saturated rings. The van der Waals surface area contributed by atoms with Crippen molar-refractivity contribution in [2.75, 3.05) is 7.05 Å². The summed E-state index contributed by atoms with van der Waals surface area (Å²) < 4.78 is 0. The van der Waals surface area contributed by atoms with Gasteiger partial charge in [0, 0.05) is 53.4 Å². The van der Waals surface area contributed by atoms with Crippen LogP contribution >= 0.6 is 0 Å². The molecule has 5 heterocycles. The standard InChI is InChI=1S/C35H35N5O4/c1-7-20-16(2)25-14-29-21(9-11-32(43)44)17(3)24(38-29)13-26-18(4)22(8-10-31(42)36-6)34(39-26)23-12-30(41)33-19(5)27(40-35(23)33)15-28(20)37-25/h9,11,13-15,38,41H,7-8,10,12H2,1-6H3,(H,36,42)(H,43,44)/b11-9-,24-13?,28-15?,29-14?,34-23?. The molecule has 44 heavy (non-hydrogen) atoms. The molecule has 0 radical (unpaired) electrons. The van der Waals surface area contributed by atoms with Crippen molar-refractivity contribution in [3.05, 3.63) is 95.8 Å². The first-order chi connectivity index (χ1) is 21.0. The zero-order chi connectivity index (χ0) is 31.4. The summed E-state index contributed by atoms with van der Waals surface area (Å²) in [5.41, 5.74) is 12.7. The predicted molar refractivity (Wildman–Crippen MR) is 174 cm³/mol. The minimum absolute atomic E-state index is 0.0650. The number of rotatable bonds is 6. The summed E-state index contributed by atoms with van der Waals surface area (Å²) in [5.74, 6) is -0.831. The SMILES string of the molecule is CCC1=C(C)C2=NC1=CC1=C(C)C3=C(O)CC(=C4N=C(C=c5[nH]c(c(/C=C\C(=O)O)c5C)=C2)C(C)=C4CCC(=O)NC)C3=N1. The number of hydrogen-bond acceptors (Lipinski definition) is 6. The number of fused-ring (bicyclic) bond motifs is 5. The van der Waals surface area contributed by atoms with Crippen LogP contribution in [0.15, 0.2) is 89.0 Å². The first-order valence-electron chi connectivity index (χ1n) is 14.8. The largest absolute Gasteiger partial charge is 0.511 e. The van der Waals surface area contributed by atoms with Gasteiger partial charge in [-0.05, 0) is 98.3 Å². The second-order valence-electron chi connectivity index (χ2n) is 11.5. The van der Waals surface area contributed by atoms with Crippen LogP contribution in [-0.4, -0.2) is 51.3 Å². The van der Waals surface area contributed by atoms with Gasteiger partial charge in [0.15, 0.2) is 0 Å². The Morgan fingerprint density at radius 2 is 1.68 bits per heavy atom. The van der Waals surface area contributed by atoms with Crippen molar-refractivity contribution in [1.82, 2.24) is 10.3 Å². The van der Waals surface area contributed by atoms with Crippen LogP contribution < -0.4 is 16.0 Å². The number of amides is 1. The number of aliphatic imine (C=N–C) groups is 3. The maximum Gasteiger partial charge on any atom is 0.328 e. The third-order valence-corrected chi connectivity index (χ3v) is 9.00. The lowest BCUT2D eigenvalue weighted by Crippen LogP contribution is -2.17. The summed E-state index contributed by atoms with van der Waals surface area (Å²) in [7, 11) is 1.62. The van der Waals surface area contributed by atoms with Gasteiger partial charge in [0.25, 0.3) is 0 Å². The Kier molecular flexibility index (Phi) is 7.19. The molecule has 0 aromatic carbocycles. The molecule has 6 rings (SSSR count). The van der Waals surface area contributed by atoms with Gasteiger partial charge in [-0.3, -0.25) is 4.79 Å². The van der Waals surface area contributed by atoms with Crippen molar-refractivity contribution in [3.8, 4) is 0 Å². The minimum atomic E-state index is -1.03. The fraction of sp³-hybridized carbons (Fsp3) is 0.286. The van der Waals surface area contributed by atoms with Crippen LogP contribution in [0.4, 0.5) is 0 Å². The van der Waals surface area contributed by atoms with E-state index in [1.807, 2.05) is 45.9 Å². The van der Waals surface area contributed by atoms with Crippen LogP contribution in [0.2, 0.25) is 0 Å². The van der Waals surface area contributed by atoms with E-state index in [0.717, 1.165) is 108 Å². The number of carboxylic acid groups (broad SMARTS) is 1. The molecule has 4 N–H and O–H groups in total. The molecule has 8 bridgehead atoms. The lowest BCUT2D eigenvalue weighted by atomic mass is 9.95. The fourth-order valence-electron chi connectivity index (χ4n) is 6.49. The van der Waals surface area contributed by atoms with Gasteiger partial charge in [0.05, 0.1) is 34.2 Å². The van der Waals surface area contributed by atoms with Gasteiger partial charge in [-0.2, -0.15) is 0 Å². The molecule has 1 aromatic heterocycles. The Hall–Kier alpha value is -5.05. The number of nitrogens with one attached hydrogen (secondary N) is 2. The van der Waals surface area contributed by atoms with Crippen molar-refractivity contribution in [2.24, 2.45) is 15.0 Å². The zero-order valence-corrected chi connectivity index (χ0v) is 25.8. The van der Waals surface area contributed by atoms with E-state index in [1.165, 1.54) is 0 Å². The number of aromatic amines is 1. The summed E-state index contributed by atoms with van der Waals surface area (Å²) in [4.78, 5) is 42.4. The number of hydrogen-bond donors (Lipinski definition) is 4. The molecule has 224 valence electrons. The van der Waals surface area contributed by atoms with Crippen molar-refractivity contribution in [1.29, 1.82) is 0 Å². The number of carboxylic acids is 1. The molecule has 5 aliphatic rings. The number of aromatic nitrogens is 1. The maximum absolute atomic E-state index is 12.3. The first-order valence-corrected chi connectivity index (χ1v) is 14.8. The molecule has 9 heteroatoms. The summed E-state index contributed by atoms with van der Waals surface area (Å²) >= 11 is 0. The summed E-state index contributed by atoms with van der Waals surface area (Å²) in [6, 6.07) is 0. The number of aliphatic carboxylic acids is 1. The van der Waals surface area contributed by atoms with Gasteiger partial charge in [0.1, 0.15) is 5.76 Å². The minimum Gasteiger partial charge on any atom is -0.511 e. The fourth-order valence-corrected chi connectivity index (χ4v) is 6.49. The molecule has 9 nitrogen and oxygen atoms in total. The number of H-pyrrole nitrogens is 1. The normalized spacial score (nSPS) is 19.1. The Morgan fingerprint density at radius 3 is 2.39 bits per heavy atom. The van der Waals surface area contributed by atoms with E-state index in [1.54, 1.807) is 13.1 Å². The third-order valence-electron chi connectivity index (χ3n) is 9.00. The number of nitrogens with zero attached hydrogens (tertiary/aromatic N) is 3. The highest BCUT2D eigenvalue weighted by Gasteiger charge is 2.37. The van der Waals surface area contributed by atoms with Crippen molar-refractivity contribution >= 4 is 47.2 Å². The van der Waals surface area contributed by atoms with Crippen LogP contribution in [-0.2, 0) is 9.59 Å². The maximum atomic E-state index is 12.3. The van der Waals surface area contributed by atoms with Gasteiger partial charge in [-0.25, -0.2) is 19.8 Å². The van der Waals surface area contributed by atoms with Crippen molar-refractivity contribution in [3.63, 3.8) is 0 Å². The average molecular weight is 590 g/mol. The van der Waals surface area contributed by atoms with E-state index in [4.69, 9.17) is 15.0 Å². The van der Waals surface area contributed by atoms with Crippen LogP contribution in [0.3, 0.4) is 0 Å². The third kappa shape index (κ3) is 4.69. The summed E-state index contributed by atoms with van der Waals surface area (Å²) in [6.45, 7) is 10.1. The molecular weight excluding hydrogens is 554 g/mol. The molecule has 1 amide bonds. The van der Waals surface area contributed by atoms with E-state index in [-0.39, 0.29) is 11.7 Å². The number of allylic oxidation sites excluding steroid dienone is 8. The highest BCUT2D eigenvalue weighted by molar-refractivity contribution is 6.26. The van der Waals surface area contributed by atoms with E-state index >= 15 is 0 Å². The van der Waals surface area contributed by atoms with E-state index in [2.05, 4.69) is 17.2 Å². The summed E-state index contributed by atoms with van der Waals surface area (Å²) in [6.07, 6.45) is 10.5. The first kappa shape index (κ1) is 29.0. The number of aliphatic hydroxyl groups excluding tert-OH is 1. The quantitative estimate of drug-likeness (QED) is 0.361. The van der Waals surface area contributed by atoms with Gasteiger partial charge in [-0.1, -0.05) is 6.92 Å². The molecule has 0 saturated heterocycles. The van der Waals surface area contributed by atoms with Crippen LogP contribution in [0.5, 0.6) is 0 Å². The molecule has 1 aliphatic carbocycles. The molecule has 1 aromatic rings. The molecule has 0 atom stereocenters. The second kappa shape index (κ2) is 10.9. The average Bonchev–Trinajstić information content (AvgIpc) is 3.73. The Labute approximate surface area is 255 Å². The Morgan fingerprint density at radius 1 is 0.977 bits per heavy atom. The van der Waals surface area contributed by atoms with Gasteiger partial charge >= 0.3 is 5.97 Å². The Bertz CT molecular complexity index is 2030. The highest BCUT2D eigenvalue weighted by atomic mass is 16.4. The lowest BCUT2D eigenvalue weighted by molar-refractivity contribution is -0.131. The second-order valence-corrected chi connectivity index (χ2v) is 11.5. The van der Waals surface area contributed by atoms with Crippen molar-refractivity contribution in [2.45, 2.75) is 60.3 Å². The van der Waals surface area contributed by atoms with Crippen molar-refractivity contribution < 1.29 is 19.8 Å². The topological polar surface area (TPSA) is 140 Å². The smallest absolute Gasteiger partial charge is 0.328 e. The van der Waals surface area contributed by atoms with E-state index < -0.39 is 5.97 Å². The van der Waals surface area contributed by atoms with Gasteiger partial charge < -0.3 is 20.5 Å². The number of carbonyl (C=O) groups is 2. The molecule has 0 unspecified atom stereocenters. The van der Waals surface area contributed by atoms with E-state index in [9.17, 15) is 19.8 Å². The van der Waals surface area contributed by atoms with Crippen LogP contribution in [0.25, 0.3) is 18.2 Å². The van der Waals surface area contributed by atoms with E-state index in [0.29, 0.717) is 19.3 Å². The monoisotopic (exact) mass is 589 g/mol. The molecule has 0 spiro atoms. The predicted octanol–water partition coefficient (Wildman–Crippen LogP) is 4.56. The Balaban J connectivity index is 1.68. The summed E-state index contributed by atoms with van der Waals surface area (Å²) in [5, 5.41) is 24.8. The van der Waals surface area contributed by atoms with Gasteiger partial charge in [-0.15, -0.1) is 0 Å². The van der Waals surface area contributed by atoms with Crippen LogP contribution in [0.1, 0.15) is 64.5 Å². The number of aliphatic hydroxyl groups is 1. The zero-order valence-electron chi connectivity index (χ0n) is 25.8.